The monoisotopic (exact) mass is 628 g/mol. The Labute approximate surface area is 272 Å². The van der Waals surface area contributed by atoms with Gasteiger partial charge in [-0.15, -0.1) is 0 Å². The van der Waals surface area contributed by atoms with Crippen LogP contribution in [0.15, 0.2) is 216 Å². The molecule has 7 aromatic rings. The topological polar surface area (TPSA) is 24.7 Å². The summed E-state index contributed by atoms with van der Waals surface area (Å²) in [4.78, 5) is 0. The van der Waals surface area contributed by atoms with E-state index in [0.717, 1.165) is 11.4 Å². The molecule has 0 spiro atoms. The molecule has 0 unspecified atom stereocenters. The van der Waals surface area contributed by atoms with Gasteiger partial charge >= 0.3 is 0 Å². The van der Waals surface area contributed by atoms with E-state index in [1.54, 1.807) is 0 Å². The second-order valence-electron chi connectivity index (χ2n) is 11.0. The zero-order valence-electron chi connectivity index (χ0n) is 25.4. The van der Waals surface area contributed by atoms with Crippen LogP contribution in [0.5, 0.6) is 0 Å². The first-order valence-corrected chi connectivity index (χ1v) is 19.0. The Morgan fingerprint density at radius 3 is 0.674 bits per heavy atom. The Morgan fingerprint density at radius 2 is 0.457 bits per heavy atom. The van der Waals surface area contributed by atoms with Gasteiger partial charge < -0.3 is 0 Å². The highest BCUT2D eigenvalue weighted by molar-refractivity contribution is 7.88. The molecule has 0 atom stereocenters. The molecule has 0 N–H and O–H groups in total. The molecule has 0 saturated heterocycles. The van der Waals surface area contributed by atoms with Crippen LogP contribution in [0.1, 0.15) is 0 Å². The zero-order valence-corrected chi connectivity index (χ0v) is 27.2. The lowest BCUT2D eigenvalue weighted by molar-refractivity contribution is 1.50. The molecule has 0 saturated carbocycles. The smallest absolute Gasteiger partial charge is 0.0646 e. The molecule has 0 aromatic heterocycles. The van der Waals surface area contributed by atoms with Gasteiger partial charge in [0.1, 0.15) is 0 Å². The van der Waals surface area contributed by atoms with E-state index in [2.05, 4.69) is 206 Å². The fraction of sp³-hybridized carbons (Fsp3) is 0. The van der Waals surface area contributed by atoms with E-state index >= 15 is 0 Å². The van der Waals surface area contributed by atoms with Gasteiger partial charge in [0.15, 0.2) is 0 Å². The van der Waals surface area contributed by atoms with Crippen molar-refractivity contribution in [1.82, 2.24) is 0 Å². The fourth-order valence-corrected chi connectivity index (χ4v) is 13.1. The first kappa shape index (κ1) is 29.7. The summed E-state index contributed by atoms with van der Waals surface area (Å²) in [6.45, 7) is 0. The van der Waals surface area contributed by atoms with Crippen LogP contribution in [-0.2, 0) is 0 Å². The average molecular weight is 629 g/mol. The summed E-state index contributed by atoms with van der Waals surface area (Å²) >= 11 is 0. The van der Waals surface area contributed by atoms with Gasteiger partial charge in [0.25, 0.3) is 0 Å². The van der Waals surface area contributed by atoms with Gasteiger partial charge in [0, 0.05) is 31.8 Å². The molecule has 0 radical (unpaired) electrons. The average Bonchev–Trinajstić information content (AvgIpc) is 3.15. The van der Waals surface area contributed by atoms with Gasteiger partial charge in [-0.3, -0.25) is 9.49 Å². The lowest BCUT2D eigenvalue weighted by Gasteiger charge is -2.28. The summed E-state index contributed by atoms with van der Waals surface area (Å²) in [6.07, 6.45) is 0. The van der Waals surface area contributed by atoms with Crippen molar-refractivity contribution in [2.75, 3.05) is 0 Å². The van der Waals surface area contributed by atoms with Gasteiger partial charge in [-0.05, 0) is 18.2 Å². The number of nitrogens with zero attached hydrogens (tertiary/aromatic N) is 2. The molecule has 0 fully saturated rings. The molecule has 46 heavy (non-hydrogen) atoms. The summed E-state index contributed by atoms with van der Waals surface area (Å²) in [5.74, 6) is 0. The third-order valence-electron chi connectivity index (χ3n) is 8.14. The maximum absolute atomic E-state index is 5.77. The molecule has 0 aliphatic carbocycles. The molecule has 222 valence electrons. The molecule has 4 heteroatoms. The van der Waals surface area contributed by atoms with E-state index in [9.17, 15) is 0 Å². The van der Waals surface area contributed by atoms with Crippen LogP contribution in [0, 0.1) is 0 Å². The van der Waals surface area contributed by atoms with Crippen molar-refractivity contribution >= 4 is 57.3 Å². The van der Waals surface area contributed by atoms with Crippen LogP contribution in [0.25, 0.3) is 0 Å². The Balaban J connectivity index is 1.53. The first-order chi connectivity index (χ1) is 22.8. The Morgan fingerprint density at radius 1 is 0.239 bits per heavy atom. The molecule has 7 aromatic carbocycles. The Kier molecular flexibility index (Phi) is 8.75. The minimum absolute atomic E-state index is 0.915. The number of hydrogen-bond donors (Lipinski definition) is 0. The second-order valence-corrected chi connectivity index (χ2v) is 17.0. The van der Waals surface area contributed by atoms with Crippen LogP contribution in [-0.4, -0.2) is 0 Å². The zero-order chi connectivity index (χ0) is 31.1. The van der Waals surface area contributed by atoms with Crippen molar-refractivity contribution in [2.45, 2.75) is 0 Å². The van der Waals surface area contributed by atoms with E-state index < -0.39 is 14.1 Å². The summed E-state index contributed by atoms with van der Waals surface area (Å²) in [5, 5.41) is 7.30. The summed E-state index contributed by atoms with van der Waals surface area (Å²) < 4.78 is 11.5. The second kappa shape index (κ2) is 13.6. The molecular formula is C42H34N2P2. The quantitative estimate of drug-likeness (QED) is 0.150. The third kappa shape index (κ3) is 5.75. The summed E-state index contributed by atoms with van der Waals surface area (Å²) in [6, 6.07) is 73.1. The van der Waals surface area contributed by atoms with E-state index in [0.29, 0.717) is 0 Å². The van der Waals surface area contributed by atoms with E-state index in [-0.39, 0.29) is 0 Å². The number of benzene rings is 7. The van der Waals surface area contributed by atoms with Gasteiger partial charge in [0.05, 0.1) is 25.5 Å². The van der Waals surface area contributed by atoms with Crippen molar-refractivity contribution in [3.63, 3.8) is 0 Å². The van der Waals surface area contributed by atoms with Gasteiger partial charge in [-0.2, -0.15) is 0 Å². The number of hydrogen-bond acceptors (Lipinski definition) is 2. The van der Waals surface area contributed by atoms with Crippen molar-refractivity contribution in [3.8, 4) is 0 Å². The molecule has 0 amide bonds. The van der Waals surface area contributed by atoms with Crippen molar-refractivity contribution in [1.29, 1.82) is 0 Å². The predicted octanol–water partition coefficient (Wildman–Crippen LogP) is 9.31. The van der Waals surface area contributed by atoms with Crippen molar-refractivity contribution < 1.29 is 0 Å². The maximum atomic E-state index is 5.77. The van der Waals surface area contributed by atoms with Crippen LogP contribution in [0.2, 0.25) is 0 Å². The molecule has 0 heterocycles. The van der Waals surface area contributed by atoms with Gasteiger partial charge in [0.2, 0.25) is 0 Å². The minimum atomic E-state index is -2.43. The Bertz CT molecular complexity index is 1770. The lowest BCUT2D eigenvalue weighted by Crippen LogP contribution is -2.25. The van der Waals surface area contributed by atoms with E-state index in [4.69, 9.17) is 9.49 Å². The molecule has 7 rings (SSSR count). The highest BCUT2D eigenvalue weighted by atomic mass is 31.2. The number of rotatable bonds is 8. The fourth-order valence-electron chi connectivity index (χ4n) is 6.07. The summed E-state index contributed by atoms with van der Waals surface area (Å²) in [5.41, 5.74) is 1.83. The first-order valence-electron chi connectivity index (χ1n) is 15.5. The summed E-state index contributed by atoms with van der Waals surface area (Å²) in [7, 11) is -4.86. The minimum Gasteiger partial charge on any atom is -0.254 e. The largest absolute Gasteiger partial charge is 0.254 e. The molecule has 0 aliphatic heterocycles. The maximum Gasteiger partial charge on any atom is 0.0646 e. The third-order valence-corrected chi connectivity index (χ3v) is 15.5. The van der Waals surface area contributed by atoms with E-state index in [1.807, 2.05) is 0 Å². The molecule has 2 nitrogen and oxygen atoms in total. The molecule has 0 aliphatic rings. The standard InChI is InChI=1S/C42H34N2P2/c1-7-22-37(23-8-1)45(38-24-9-2-10-25-38,39-26-11-3-12-27-39)43-35-20-19-21-36(34-35)44-46(40-28-13-4-14-29-40,41-30-15-5-16-31-41)42-32-17-6-18-33-42/h1-34H. The molecule has 0 bridgehead atoms. The molecular weight excluding hydrogens is 594 g/mol. The van der Waals surface area contributed by atoms with Crippen LogP contribution in [0.4, 0.5) is 11.4 Å². The lowest BCUT2D eigenvalue weighted by atomic mass is 10.3. The van der Waals surface area contributed by atoms with Gasteiger partial charge in [-0.25, -0.2) is 0 Å². The highest BCUT2D eigenvalue weighted by Crippen LogP contribution is 2.52. The van der Waals surface area contributed by atoms with Crippen LogP contribution in [0.3, 0.4) is 0 Å². The van der Waals surface area contributed by atoms with Gasteiger partial charge in [-0.1, -0.05) is 188 Å². The van der Waals surface area contributed by atoms with E-state index in [1.165, 1.54) is 31.8 Å². The SMILES string of the molecule is c1ccc(P(=Nc2cccc(N=P(c3ccccc3)(c3ccccc3)c3ccccc3)c2)(c2ccccc2)c2ccccc2)cc1. The highest BCUT2D eigenvalue weighted by Gasteiger charge is 2.29. The van der Waals surface area contributed by atoms with Crippen LogP contribution >= 0.6 is 14.1 Å². The van der Waals surface area contributed by atoms with Crippen molar-refractivity contribution in [3.05, 3.63) is 206 Å². The normalized spacial score (nSPS) is 11.5. The van der Waals surface area contributed by atoms with Crippen LogP contribution < -0.4 is 31.8 Å². The van der Waals surface area contributed by atoms with Crippen molar-refractivity contribution in [2.24, 2.45) is 9.49 Å². The Hall–Kier alpha value is -5.00. The predicted molar refractivity (Wildman–Crippen MR) is 201 cm³/mol.